The Bertz CT molecular complexity index is 648. The molecule has 0 spiro atoms. The summed E-state index contributed by atoms with van der Waals surface area (Å²) < 4.78 is 0. The van der Waals surface area contributed by atoms with Gasteiger partial charge in [0.25, 0.3) is 0 Å². The molecule has 0 saturated heterocycles. The summed E-state index contributed by atoms with van der Waals surface area (Å²) >= 11 is 0. The van der Waals surface area contributed by atoms with E-state index in [1.807, 2.05) is 6.07 Å². The maximum absolute atomic E-state index is 11.5. The van der Waals surface area contributed by atoms with Crippen LogP contribution in [0.1, 0.15) is 55.1 Å². The molecule has 21 heavy (non-hydrogen) atoms. The van der Waals surface area contributed by atoms with Crippen molar-refractivity contribution in [3.05, 3.63) is 69.6 Å². The Morgan fingerprint density at radius 3 is 2.81 bits per heavy atom. The molecule has 2 N–H and O–H groups in total. The molecule has 1 aliphatic carbocycles. The highest BCUT2D eigenvalue weighted by Gasteiger charge is 2.23. The van der Waals surface area contributed by atoms with Crippen LogP contribution in [0.4, 0.5) is 0 Å². The third-order valence-electron chi connectivity index (χ3n) is 4.34. The van der Waals surface area contributed by atoms with Crippen molar-refractivity contribution in [3.8, 4) is 0 Å². The van der Waals surface area contributed by atoms with Gasteiger partial charge in [0.05, 0.1) is 0 Å². The molecule has 1 aromatic carbocycles. The average molecular weight is 282 g/mol. The fourth-order valence-electron chi connectivity index (χ4n) is 3.25. The molecule has 2 unspecified atom stereocenters. The summed E-state index contributed by atoms with van der Waals surface area (Å²) in [5, 5.41) is 3.78. The number of aromatic nitrogens is 1. The van der Waals surface area contributed by atoms with Gasteiger partial charge >= 0.3 is 0 Å². The minimum Gasteiger partial charge on any atom is -0.326 e. The van der Waals surface area contributed by atoms with Crippen LogP contribution in [0.2, 0.25) is 0 Å². The first-order chi connectivity index (χ1) is 10.3. The molecule has 0 fully saturated rings. The molecule has 0 bridgehead atoms. The largest absolute Gasteiger partial charge is 0.326 e. The van der Waals surface area contributed by atoms with E-state index >= 15 is 0 Å². The van der Waals surface area contributed by atoms with E-state index in [0.29, 0.717) is 12.1 Å². The van der Waals surface area contributed by atoms with Crippen LogP contribution in [0.25, 0.3) is 0 Å². The summed E-state index contributed by atoms with van der Waals surface area (Å²) in [6, 6.07) is 14.9. The molecule has 0 radical (unpaired) electrons. The van der Waals surface area contributed by atoms with Crippen LogP contribution in [0.3, 0.4) is 0 Å². The number of aromatic amines is 1. The Balaban J connectivity index is 1.84. The Kier molecular flexibility index (Phi) is 4.20. The predicted molar refractivity (Wildman–Crippen MR) is 85.4 cm³/mol. The zero-order valence-electron chi connectivity index (χ0n) is 12.4. The molecule has 1 aliphatic rings. The van der Waals surface area contributed by atoms with Gasteiger partial charge in [-0.05, 0) is 36.8 Å². The Morgan fingerprint density at radius 2 is 2.05 bits per heavy atom. The van der Waals surface area contributed by atoms with Crippen LogP contribution in [0.15, 0.2) is 47.3 Å². The molecule has 0 saturated carbocycles. The maximum atomic E-state index is 11.5. The molecule has 2 atom stereocenters. The van der Waals surface area contributed by atoms with E-state index in [0.717, 1.165) is 31.4 Å². The van der Waals surface area contributed by atoms with Gasteiger partial charge in [-0.15, -0.1) is 0 Å². The minimum atomic E-state index is 0.00417. The van der Waals surface area contributed by atoms with Gasteiger partial charge in [0.2, 0.25) is 5.56 Å². The van der Waals surface area contributed by atoms with Gasteiger partial charge in [-0.1, -0.05) is 43.3 Å². The van der Waals surface area contributed by atoms with E-state index < -0.39 is 0 Å². The van der Waals surface area contributed by atoms with Crippen molar-refractivity contribution in [1.29, 1.82) is 0 Å². The summed E-state index contributed by atoms with van der Waals surface area (Å²) in [6.07, 6.45) is 4.28. The van der Waals surface area contributed by atoms with Crippen molar-refractivity contribution in [1.82, 2.24) is 10.3 Å². The molecule has 0 amide bonds. The van der Waals surface area contributed by atoms with Gasteiger partial charge in [-0.3, -0.25) is 4.79 Å². The van der Waals surface area contributed by atoms with E-state index in [4.69, 9.17) is 0 Å². The number of pyridine rings is 1. The van der Waals surface area contributed by atoms with Crippen molar-refractivity contribution in [3.63, 3.8) is 0 Å². The smallest absolute Gasteiger partial charge is 0.248 e. The molecule has 3 heteroatoms. The number of rotatable bonds is 4. The topological polar surface area (TPSA) is 44.9 Å². The van der Waals surface area contributed by atoms with Gasteiger partial charge in [-0.25, -0.2) is 0 Å². The van der Waals surface area contributed by atoms with Crippen molar-refractivity contribution >= 4 is 0 Å². The summed E-state index contributed by atoms with van der Waals surface area (Å²) in [5.74, 6) is 0. The Hall–Kier alpha value is -1.87. The van der Waals surface area contributed by atoms with Crippen molar-refractivity contribution in [2.45, 2.75) is 44.7 Å². The lowest BCUT2D eigenvalue weighted by Gasteiger charge is -2.30. The lowest BCUT2D eigenvalue weighted by atomic mass is 9.90. The van der Waals surface area contributed by atoms with Gasteiger partial charge in [0.15, 0.2) is 0 Å². The molecule has 1 aromatic heterocycles. The van der Waals surface area contributed by atoms with E-state index in [2.05, 4.69) is 47.6 Å². The summed E-state index contributed by atoms with van der Waals surface area (Å²) in [5.41, 5.74) is 3.70. The molecular weight excluding hydrogens is 260 g/mol. The molecular formula is C18H22N2O. The molecule has 1 heterocycles. The second-order valence-corrected chi connectivity index (χ2v) is 5.74. The lowest BCUT2D eigenvalue weighted by molar-refractivity contribution is 0.390. The van der Waals surface area contributed by atoms with Crippen LogP contribution in [0.5, 0.6) is 0 Å². The third kappa shape index (κ3) is 3.08. The molecule has 0 aliphatic heterocycles. The van der Waals surface area contributed by atoms with Crippen LogP contribution >= 0.6 is 0 Å². The van der Waals surface area contributed by atoms with Crippen LogP contribution < -0.4 is 10.9 Å². The first kappa shape index (κ1) is 14.1. The number of aryl methyl sites for hydroxylation is 1. The summed E-state index contributed by atoms with van der Waals surface area (Å²) in [4.78, 5) is 14.5. The van der Waals surface area contributed by atoms with Crippen molar-refractivity contribution < 1.29 is 0 Å². The van der Waals surface area contributed by atoms with Gasteiger partial charge in [0.1, 0.15) is 0 Å². The fourth-order valence-corrected chi connectivity index (χ4v) is 3.25. The average Bonchev–Trinajstić information content (AvgIpc) is 2.53. The Labute approximate surface area is 125 Å². The zero-order chi connectivity index (χ0) is 14.7. The van der Waals surface area contributed by atoms with Gasteiger partial charge < -0.3 is 10.3 Å². The summed E-state index contributed by atoms with van der Waals surface area (Å²) in [6.45, 7) is 2.21. The second kappa shape index (κ2) is 6.27. The quantitative estimate of drug-likeness (QED) is 0.901. The maximum Gasteiger partial charge on any atom is 0.248 e. The highest BCUT2D eigenvalue weighted by atomic mass is 16.1. The molecule has 110 valence electrons. The molecule has 3 rings (SSSR count). The number of fused-ring (bicyclic) bond motifs is 1. The minimum absolute atomic E-state index is 0.00417. The van der Waals surface area contributed by atoms with E-state index in [-0.39, 0.29) is 5.56 Å². The highest BCUT2D eigenvalue weighted by molar-refractivity contribution is 5.27. The second-order valence-electron chi connectivity index (χ2n) is 5.74. The van der Waals surface area contributed by atoms with Gasteiger partial charge in [-0.2, -0.15) is 0 Å². The monoisotopic (exact) mass is 282 g/mol. The number of hydrogen-bond acceptors (Lipinski definition) is 2. The normalized spacial score (nSPS) is 19.0. The van der Waals surface area contributed by atoms with Crippen LogP contribution in [0, 0.1) is 0 Å². The standard InChI is InChI=1S/C18H22N2O/c1-2-15(13-7-4-3-5-8-13)19-16-9-6-10-17-14(16)11-12-18(21)20-17/h3-5,7-8,11-12,15-16,19H,2,6,9-10H2,1H3,(H,20,21). The van der Waals surface area contributed by atoms with Crippen LogP contribution in [-0.4, -0.2) is 4.98 Å². The number of benzene rings is 1. The predicted octanol–water partition coefficient (Wildman–Crippen LogP) is 3.49. The van der Waals surface area contributed by atoms with E-state index in [1.165, 1.54) is 11.1 Å². The van der Waals surface area contributed by atoms with Crippen LogP contribution in [-0.2, 0) is 6.42 Å². The first-order valence-corrected chi connectivity index (χ1v) is 7.81. The SMILES string of the molecule is CCC(NC1CCCc2[nH]c(=O)ccc21)c1ccccc1. The number of H-pyrrole nitrogens is 1. The third-order valence-corrected chi connectivity index (χ3v) is 4.34. The molecule has 2 aromatic rings. The number of nitrogens with one attached hydrogen (secondary N) is 2. The summed E-state index contributed by atoms with van der Waals surface area (Å²) in [7, 11) is 0. The van der Waals surface area contributed by atoms with E-state index in [1.54, 1.807) is 6.07 Å². The highest BCUT2D eigenvalue weighted by Crippen LogP contribution is 2.30. The lowest BCUT2D eigenvalue weighted by Crippen LogP contribution is -2.30. The van der Waals surface area contributed by atoms with Crippen molar-refractivity contribution in [2.75, 3.05) is 0 Å². The van der Waals surface area contributed by atoms with E-state index in [9.17, 15) is 4.79 Å². The Morgan fingerprint density at radius 1 is 1.24 bits per heavy atom. The fraction of sp³-hybridized carbons (Fsp3) is 0.389. The number of hydrogen-bond donors (Lipinski definition) is 2. The first-order valence-electron chi connectivity index (χ1n) is 7.81. The van der Waals surface area contributed by atoms with Gasteiger partial charge in [0, 0.05) is 23.8 Å². The zero-order valence-corrected chi connectivity index (χ0v) is 12.4. The molecule has 3 nitrogen and oxygen atoms in total. The van der Waals surface area contributed by atoms with Crippen molar-refractivity contribution in [2.24, 2.45) is 0 Å².